The first-order valence-electron chi connectivity index (χ1n) is 11.6. The van der Waals surface area contributed by atoms with Crippen molar-refractivity contribution < 1.29 is 33.8 Å². The third-order valence-corrected chi connectivity index (χ3v) is 8.22. The van der Waals surface area contributed by atoms with Crippen molar-refractivity contribution in [2.45, 2.75) is 42.1 Å². The van der Waals surface area contributed by atoms with Gasteiger partial charge in [-0.25, -0.2) is 4.79 Å². The first-order valence-corrected chi connectivity index (χ1v) is 12.5. The fourth-order valence-electron chi connectivity index (χ4n) is 4.81. The van der Waals surface area contributed by atoms with Gasteiger partial charge in [0.25, 0.3) is 5.91 Å². The van der Waals surface area contributed by atoms with E-state index in [-0.39, 0.29) is 22.3 Å². The number of nitrogens with zero attached hydrogens (tertiary/aromatic N) is 1. The Morgan fingerprint density at radius 1 is 1.11 bits per heavy atom. The van der Waals surface area contributed by atoms with E-state index in [0.29, 0.717) is 5.56 Å². The molecule has 2 fully saturated rings. The van der Waals surface area contributed by atoms with Gasteiger partial charge in [-0.2, -0.15) is 0 Å². The van der Waals surface area contributed by atoms with Crippen LogP contribution in [0.2, 0.25) is 0 Å². The minimum atomic E-state index is -1.27. The number of aromatic hydroxyl groups is 1. The molecule has 0 saturated carbocycles. The van der Waals surface area contributed by atoms with Crippen LogP contribution >= 0.6 is 11.8 Å². The topological polar surface area (TPSA) is 166 Å². The van der Waals surface area contributed by atoms with E-state index < -0.39 is 57.4 Å². The lowest BCUT2D eigenvalue weighted by molar-refractivity contribution is -0.161. The van der Waals surface area contributed by atoms with Gasteiger partial charge in [0.2, 0.25) is 17.2 Å². The molecule has 0 aliphatic carbocycles. The number of rotatable bonds is 6. The number of carbonyl (C=O) groups is 4. The van der Waals surface area contributed by atoms with Crippen molar-refractivity contribution in [1.29, 1.82) is 0 Å². The number of carboxylic acids is 1. The summed E-state index contributed by atoms with van der Waals surface area (Å²) in [6.07, 6.45) is 0.954. The first kappa shape index (κ1) is 25.3. The first-order chi connectivity index (χ1) is 18.0. The Morgan fingerprint density at radius 3 is 2.50 bits per heavy atom. The molecule has 0 bridgehead atoms. The van der Waals surface area contributed by atoms with E-state index in [9.17, 15) is 34.2 Å². The molecule has 4 atom stereocenters. The molecule has 4 N–H and O–H groups in total. The van der Waals surface area contributed by atoms with Crippen LogP contribution in [0.3, 0.4) is 0 Å². The number of hydrogen-bond acceptors (Lipinski definition) is 8. The van der Waals surface area contributed by atoms with Crippen LogP contribution in [0.15, 0.2) is 64.0 Å². The number of nitrogens with one attached hydrogen (secondary N) is 2. The van der Waals surface area contributed by atoms with Crippen molar-refractivity contribution >= 4 is 46.4 Å². The van der Waals surface area contributed by atoms with Gasteiger partial charge in [0.05, 0.1) is 5.39 Å². The third-order valence-electron chi connectivity index (χ3n) is 6.65. The summed E-state index contributed by atoms with van der Waals surface area (Å²) in [4.78, 5) is 65.3. The number of aliphatic carboxylic acids is 1. The lowest BCUT2D eigenvalue weighted by atomic mass is 9.95. The SMILES string of the molecule is CC1(C)S[C@@H]2[C@H](NC(=O)C(NC(=O)c3coc4cc(O)ccc4c3=O)c3ccccc3)C(=O)N2[C@H]1C(=O)O. The number of phenolic OH excluding ortho intramolecular Hbond substituents is 1. The lowest BCUT2D eigenvalue weighted by Gasteiger charge is -2.44. The molecule has 11 nitrogen and oxygen atoms in total. The Morgan fingerprint density at radius 2 is 1.82 bits per heavy atom. The minimum absolute atomic E-state index is 0.0742. The molecule has 0 spiro atoms. The smallest absolute Gasteiger partial charge is 0.327 e. The second-order valence-electron chi connectivity index (χ2n) is 9.56. The van der Waals surface area contributed by atoms with Crippen molar-refractivity contribution in [1.82, 2.24) is 15.5 Å². The number of phenols is 1. The van der Waals surface area contributed by atoms with Gasteiger partial charge >= 0.3 is 5.97 Å². The molecule has 1 aromatic heterocycles. The van der Waals surface area contributed by atoms with Gasteiger partial charge in [0.15, 0.2) is 0 Å². The zero-order chi connectivity index (χ0) is 27.4. The number of benzene rings is 2. The number of amides is 3. The summed E-state index contributed by atoms with van der Waals surface area (Å²) in [5.41, 5.74) is -0.501. The van der Waals surface area contributed by atoms with E-state index in [0.717, 1.165) is 6.26 Å². The standard InChI is InChI=1S/C26H23N3O8S/c1-26(2)20(25(35)36)29-23(34)18(24(29)38-26)28-22(33)17(12-6-4-3-5-7-12)27-21(32)15-11-37-16-10-13(30)8-9-14(16)19(15)31/h3-11,17-18,20,24,30H,1-2H3,(H,27,32)(H,28,33)(H,35,36)/t17?,18-,20+,24-/m1/s1. The van der Waals surface area contributed by atoms with Gasteiger partial charge in [0.1, 0.15) is 46.7 Å². The number of hydrogen-bond donors (Lipinski definition) is 4. The van der Waals surface area contributed by atoms with Crippen LogP contribution in [0.4, 0.5) is 0 Å². The summed E-state index contributed by atoms with van der Waals surface area (Å²) < 4.78 is 4.59. The average Bonchev–Trinajstić information content (AvgIpc) is 3.14. The highest BCUT2D eigenvalue weighted by atomic mass is 32.2. The average molecular weight is 538 g/mol. The highest BCUT2D eigenvalue weighted by molar-refractivity contribution is 8.01. The normalized spacial score (nSPS) is 22.3. The molecule has 1 unspecified atom stereocenters. The molecule has 3 aromatic rings. The largest absolute Gasteiger partial charge is 0.508 e. The van der Waals surface area contributed by atoms with E-state index in [2.05, 4.69) is 10.6 Å². The molecule has 2 saturated heterocycles. The fourth-order valence-corrected chi connectivity index (χ4v) is 6.44. The quantitative estimate of drug-likeness (QED) is 0.342. The highest BCUT2D eigenvalue weighted by Gasteiger charge is 2.64. The molecule has 5 rings (SSSR count). The maximum absolute atomic E-state index is 13.4. The fraction of sp³-hybridized carbons (Fsp3) is 0.269. The summed E-state index contributed by atoms with van der Waals surface area (Å²) in [7, 11) is 0. The molecule has 2 aliphatic rings. The Bertz CT molecular complexity index is 1540. The van der Waals surface area contributed by atoms with Crippen LogP contribution in [-0.2, 0) is 14.4 Å². The number of fused-ring (bicyclic) bond motifs is 2. The highest BCUT2D eigenvalue weighted by Crippen LogP contribution is 2.50. The second-order valence-corrected chi connectivity index (χ2v) is 11.3. The molecule has 2 aliphatic heterocycles. The predicted molar refractivity (Wildman–Crippen MR) is 136 cm³/mol. The molecule has 196 valence electrons. The lowest BCUT2D eigenvalue weighted by Crippen LogP contribution is -2.71. The number of thioether (sulfide) groups is 1. The van der Waals surface area contributed by atoms with Crippen molar-refractivity contribution in [2.75, 3.05) is 0 Å². The van der Waals surface area contributed by atoms with Crippen LogP contribution < -0.4 is 16.1 Å². The van der Waals surface area contributed by atoms with Crippen molar-refractivity contribution in [3.63, 3.8) is 0 Å². The summed E-state index contributed by atoms with van der Waals surface area (Å²) in [5.74, 6) is -3.33. The minimum Gasteiger partial charge on any atom is -0.508 e. The zero-order valence-electron chi connectivity index (χ0n) is 20.2. The Kier molecular flexibility index (Phi) is 6.14. The molecule has 3 heterocycles. The van der Waals surface area contributed by atoms with Gasteiger partial charge in [-0.1, -0.05) is 30.3 Å². The number of β-lactam (4-membered cyclic amide) rings is 1. The maximum Gasteiger partial charge on any atom is 0.327 e. The van der Waals surface area contributed by atoms with E-state index in [1.807, 2.05) is 0 Å². The van der Waals surface area contributed by atoms with E-state index in [4.69, 9.17) is 4.42 Å². The number of carboxylic acid groups (broad SMARTS) is 1. The summed E-state index contributed by atoms with van der Waals surface area (Å²) in [5, 5.41) is 23.9. The molecule has 3 amide bonds. The van der Waals surface area contributed by atoms with Crippen LogP contribution in [0.25, 0.3) is 11.0 Å². The van der Waals surface area contributed by atoms with E-state index >= 15 is 0 Å². The molecule has 12 heteroatoms. The van der Waals surface area contributed by atoms with Crippen LogP contribution in [0.1, 0.15) is 35.8 Å². The maximum atomic E-state index is 13.4. The molecule has 0 radical (unpaired) electrons. The summed E-state index contributed by atoms with van der Waals surface area (Å²) in [6, 6.07) is 8.87. The molecule has 38 heavy (non-hydrogen) atoms. The van der Waals surface area contributed by atoms with E-state index in [1.165, 1.54) is 34.9 Å². The summed E-state index contributed by atoms with van der Waals surface area (Å²) in [6.45, 7) is 3.45. The Hall–Kier alpha value is -4.32. The second kappa shape index (κ2) is 9.21. The zero-order valence-corrected chi connectivity index (χ0v) is 21.0. The Balaban J connectivity index is 1.40. The predicted octanol–water partition coefficient (Wildman–Crippen LogP) is 1.60. The van der Waals surface area contributed by atoms with Crippen LogP contribution in [-0.4, -0.2) is 61.0 Å². The monoisotopic (exact) mass is 537 g/mol. The van der Waals surface area contributed by atoms with Crippen molar-refractivity contribution in [3.8, 4) is 5.75 Å². The van der Waals surface area contributed by atoms with Gasteiger partial charge in [0, 0.05) is 10.8 Å². The van der Waals surface area contributed by atoms with Crippen molar-refractivity contribution in [3.05, 3.63) is 76.1 Å². The van der Waals surface area contributed by atoms with E-state index in [1.54, 1.807) is 44.2 Å². The van der Waals surface area contributed by atoms with Crippen LogP contribution in [0.5, 0.6) is 5.75 Å². The third kappa shape index (κ3) is 4.16. The summed E-state index contributed by atoms with van der Waals surface area (Å²) >= 11 is 1.28. The number of carbonyl (C=O) groups excluding carboxylic acids is 3. The van der Waals surface area contributed by atoms with Gasteiger partial charge < -0.3 is 30.2 Å². The van der Waals surface area contributed by atoms with Gasteiger partial charge in [-0.3, -0.25) is 19.2 Å². The van der Waals surface area contributed by atoms with Gasteiger partial charge in [-0.15, -0.1) is 11.8 Å². The van der Waals surface area contributed by atoms with Crippen LogP contribution in [0, 0.1) is 0 Å². The molecule has 2 aromatic carbocycles. The van der Waals surface area contributed by atoms with Crippen molar-refractivity contribution in [2.24, 2.45) is 0 Å². The Labute approximate surface area is 219 Å². The molecular weight excluding hydrogens is 514 g/mol. The molecular formula is C26H23N3O8S. The van der Waals surface area contributed by atoms with Gasteiger partial charge in [-0.05, 0) is 31.5 Å².